The monoisotopic (exact) mass is 446 g/mol. The minimum Gasteiger partial charge on any atom is -0.492 e. The van der Waals surface area contributed by atoms with E-state index in [1.807, 2.05) is 60.7 Å². The highest BCUT2D eigenvalue weighted by atomic mass is 16.6. The first-order chi connectivity index (χ1) is 16.1. The highest BCUT2D eigenvalue weighted by Crippen LogP contribution is 2.23. The lowest BCUT2D eigenvalue weighted by molar-refractivity contribution is -0.137. The van der Waals surface area contributed by atoms with Crippen LogP contribution in [0.1, 0.15) is 35.1 Å². The molecule has 0 saturated carbocycles. The van der Waals surface area contributed by atoms with Gasteiger partial charge >= 0.3 is 5.97 Å². The molecule has 0 heterocycles. The number of ether oxygens (including phenoxy) is 2. The molecule has 7 heteroatoms. The summed E-state index contributed by atoms with van der Waals surface area (Å²) in [6.45, 7) is 0.778. The van der Waals surface area contributed by atoms with Gasteiger partial charge in [0.1, 0.15) is 24.7 Å². The van der Waals surface area contributed by atoms with Crippen LogP contribution in [0.5, 0.6) is 11.5 Å². The maximum absolute atomic E-state index is 10.9. The van der Waals surface area contributed by atoms with Gasteiger partial charge in [-0.2, -0.15) is 10.7 Å². The molecule has 170 valence electrons. The predicted octanol–water partition coefficient (Wildman–Crippen LogP) is 4.62. The second-order valence-electron chi connectivity index (χ2n) is 7.38. The lowest BCUT2D eigenvalue weighted by Crippen LogP contribution is -2.25. The Labute approximate surface area is 193 Å². The van der Waals surface area contributed by atoms with Crippen molar-refractivity contribution in [2.45, 2.75) is 25.0 Å². The van der Waals surface area contributed by atoms with Gasteiger partial charge in [-0.25, -0.2) is 0 Å². The van der Waals surface area contributed by atoms with Crippen LogP contribution in [-0.2, 0) is 16.2 Å². The number of hydrogen-bond donors (Lipinski definition) is 2. The number of aliphatic carboxylic acids is 1. The molecule has 3 aromatic rings. The number of hydroxylamine groups is 1. The Hall–Kier alpha value is -3.86. The standard InChI is InChI=1S/C26H26N2O5/c1-31-28-25(21-5-3-2-4-6-21)18-33-23-11-7-19(8-12-23)17-32-24-13-9-20(10-14-24)22(16-27)15-26(29)30/h2-14,22,25,28H,15,17-18H2,1H3,(H,29,30). The number of nitriles is 1. The van der Waals surface area contributed by atoms with Crippen molar-refractivity contribution in [3.63, 3.8) is 0 Å². The fourth-order valence-electron chi connectivity index (χ4n) is 3.26. The Balaban J connectivity index is 1.51. The van der Waals surface area contributed by atoms with E-state index in [1.165, 1.54) is 0 Å². The van der Waals surface area contributed by atoms with E-state index in [4.69, 9.17) is 24.7 Å². The van der Waals surface area contributed by atoms with Crippen LogP contribution in [0.25, 0.3) is 0 Å². The molecule has 0 aromatic heterocycles. The highest BCUT2D eigenvalue weighted by molar-refractivity contribution is 5.68. The summed E-state index contributed by atoms with van der Waals surface area (Å²) in [4.78, 5) is 16.0. The molecule has 0 aliphatic carbocycles. The fraction of sp³-hybridized carbons (Fsp3) is 0.231. The molecule has 0 aliphatic heterocycles. The number of carboxylic acid groups (broad SMARTS) is 1. The fourth-order valence-corrected chi connectivity index (χ4v) is 3.26. The second kappa shape index (κ2) is 12.2. The summed E-state index contributed by atoms with van der Waals surface area (Å²) >= 11 is 0. The van der Waals surface area contributed by atoms with Gasteiger partial charge in [-0.1, -0.05) is 54.6 Å². The predicted molar refractivity (Wildman–Crippen MR) is 123 cm³/mol. The molecule has 0 bridgehead atoms. The largest absolute Gasteiger partial charge is 0.492 e. The summed E-state index contributed by atoms with van der Waals surface area (Å²) in [5.41, 5.74) is 5.65. The minimum atomic E-state index is -1.00. The number of carbonyl (C=O) groups is 1. The van der Waals surface area contributed by atoms with Crippen molar-refractivity contribution in [3.05, 3.63) is 95.6 Å². The Morgan fingerprint density at radius 3 is 2.18 bits per heavy atom. The van der Waals surface area contributed by atoms with E-state index >= 15 is 0 Å². The lowest BCUT2D eigenvalue weighted by Gasteiger charge is -2.18. The van der Waals surface area contributed by atoms with Crippen molar-refractivity contribution in [1.29, 1.82) is 5.26 Å². The van der Waals surface area contributed by atoms with Crippen molar-refractivity contribution in [2.75, 3.05) is 13.7 Å². The molecule has 33 heavy (non-hydrogen) atoms. The summed E-state index contributed by atoms with van der Waals surface area (Å²) in [5, 5.41) is 18.1. The summed E-state index contributed by atoms with van der Waals surface area (Å²) in [5.74, 6) is -0.296. The Morgan fingerprint density at radius 2 is 1.58 bits per heavy atom. The minimum absolute atomic E-state index is 0.0988. The summed E-state index contributed by atoms with van der Waals surface area (Å²) in [6.07, 6.45) is -0.223. The van der Waals surface area contributed by atoms with E-state index in [-0.39, 0.29) is 12.5 Å². The number of hydrogen-bond acceptors (Lipinski definition) is 6. The molecule has 3 rings (SSSR count). The van der Waals surface area contributed by atoms with Crippen molar-refractivity contribution >= 4 is 5.97 Å². The van der Waals surface area contributed by atoms with Crippen LogP contribution >= 0.6 is 0 Å². The molecule has 2 atom stereocenters. The van der Waals surface area contributed by atoms with E-state index in [1.54, 1.807) is 31.4 Å². The van der Waals surface area contributed by atoms with Crippen LogP contribution in [-0.4, -0.2) is 24.8 Å². The third-order valence-corrected chi connectivity index (χ3v) is 5.02. The molecule has 0 radical (unpaired) electrons. The molecule has 2 unspecified atom stereocenters. The summed E-state index contributed by atoms with van der Waals surface area (Å²) < 4.78 is 11.7. The van der Waals surface area contributed by atoms with Gasteiger partial charge in [-0.3, -0.25) is 4.79 Å². The molecule has 0 fully saturated rings. The van der Waals surface area contributed by atoms with Gasteiger partial charge in [0, 0.05) is 0 Å². The normalized spacial score (nSPS) is 12.4. The average Bonchev–Trinajstić information content (AvgIpc) is 2.85. The zero-order valence-corrected chi connectivity index (χ0v) is 18.3. The van der Waals surface area contributed by atoms with Gasteiger partial charge < -0.3 is 19.4 Å². The van der Waals surface area contributed by atoms with Crippen molar-refractivity contribution in [1.82, 2.24) is 5.48 Å². The van der Waals surface area contributed by atoms with E-state index in [0.717, 1.165) is 16.9 Å². The lowest BCUT2D eigenvalue weighted by atomic mass is 9.97. The third-order valence-electron chi connectivity index (χ3n) is 5.02. The van der Waals surface area contributed by atoms with Gasteiger partial charge in [-0.15, -0.1) is 0 Å². The molecule has 2 N–H and O–H groups in total. The first-order valence-electron chi connectivity index (χ1n) is 10.5. The van der Waals surface area contributed by atoms with Crippen LogP contribution in [0.3, 0.4) is 0 Å². The van der Waals surface area contributed by atoms with E-state index in [0.29, 0.717) is 24.5 Å². The van der Waals surface area contributed by atoms with Crippen LogP contribution in [0.2, 0.25) is 0 Å². The maximum Gasteiger partial charge on any atom is 0.305 e. The van der Waals surface area contributed by atoms with Crippen molar-refractivity contribution in [2.24, 2.45) is 0 Å². The van der Waals surface area contributed by atoms with Crippen molar-refractivity contribution in [3.8, 4) is 17.6 Å². The molecular formula is C26H26N2O5. The average molecular weight is 447 g/mol. The molecule has 7 nitrogen and oxygen atoms in total. The number of nitrogens with one attached hydrogen (secondary N) is 1. The number of carboxylic acids is 1. The SMILES string of the molecule is CONC(COc1ccc(COc2ccc(C(C#N)CC(=O)O)cc2)cc1)c1ccccc1. The molecule has 0 amide bonds. The second-order valence-corrected chi connectivity index (χ2v) is 7.38. The first-order valence-corrected chi connectivity index (χ1v) is 10.5. The van der Waals surface area contributed by atoms with Crippen LogP contribution in [0, 0.1) is 11.3 Å². The highest BCUT2D eigenvalue weighted by Gasteiger charge is 2.15. The van der Waals surface area contributed by atoms with Crippen LogP contribution < -0.4 is 15.0 Å². The van der Waals surface area contributed by atoms with Gasteiger partial charge in [0.25, 0.3) is 0 Å². The molecule has 3 aromatic carbocycles. The smallest absolute Gasteiger partial charge is 0.305 e. The van der Waals surface area contributed by atoms with Crippen LogP contribution in [0.15, 0.2) is 78.9 Å². The number of benzene rings is 3. The maximum atomic E-state index is 10.9. The molecule has 0 aliphatic rings. The molecule has 0 saturated heterocycles. The number of nitrogens with zero attached hydrogens (tertiary/aromatic N) is 1. The number of rotatable bonds is 12. The topological polar surface area (TPSA) is 101 Å². The van der Waals surface area contributed by atoms with Gasteiger partial charge in [0.15, 0.2) is 0 Å². The quantitative estimate of drug-likeness (QED) is 0.392. The van der Waals surface area contributed by atoms with Gasteiger partial charge in [0.05, 0.1) is 31.6 Å². The van der Waals surface area contributed by atoms with Gasteiger partial charge in [0.2, 0.25) is 0 Å². The zero-order chi connectivity index (χ0) is 23.5. The zero-order valence-electron chi connectivity index (χ0n) is 18.3. The first kappa shape index (κ1) is 23.8. The Morgan fingerprint density at radius 1 is 0.939 bits per heavy atom. The van der Waals surface area contributed by atoms with Gasteiger partial charge in [-0.05, 0) is 41.0 Å². The Bertz CT molecular complexity index is 1050. The summed E-state index contributed by atoms with van der Waals surface area (Å²) in [6, 6.07) is 26.4. The summed E-state index contributed by atoms with van der Waals surface area (Å²) in [7, 11) is 1.58. The van der Waals surface area contributed by atoms with Crippen molar-refractivity contribution < 1.29 is 24.2 Å². The van der Waals surface area contributed by atoms with E-state index in [2.05, 4.69) is 5.48 Å². The van der Waals surface area contributed by atoms with E-state index < -0.39 is 11.9 Å². The van der Waals surface area contributed by atoms with E-state index in [9.17, 15) is 4.79 Å². The molecule has 0 spiro atoms. The third kappa shape index (κ3) is 7.35. The molecular weight excluding hydrogens is 420 g/mol. The Kier molecular flexibility index (Phi) is 8.83. The van der Waals surface area contributed by atoms with Crippen LogP contribution in [0.4, 0.5) is 0 Å².